The Balaban J connectivity index is 1.65. The summed E-state index contributed by atoms with van der Waals surface area (Å²) < 4.78 is 37.5. The molecule has 2 aromatic rings. The van der Waals surface area contributed by atoms with Crippen molar-refractivity contribution in [3.63, 3.8) is 0 Å². The number of hydrogen-bond donors (Lipinski definition) is 1. The smallest absolute Gasteiger partial charge is 0.265 e. The van der Waals surface area contributed by atoms with Gasteiger partial charge < -0.3 is 14.8 Å². The van der Waals surface area contributed by atoms with Gasteiger partial charge in [0.15, 0.2) is 17.6 Å². The van der Waals surface area contributed by atoms with Gasteiger partial charge in [0.05, 0.1) is 23.6 Å². The summed E-state index contributed by atoms with van der Waals surface area (Å²) in [5.74, 6) is 0.285. The van der Waals surface area contributed by atoms with Gasteiger partial charge in [-0.3, -0.25) is 4.79 Å². The minimum Gasteiger partial charge on any atom is -0.493 e. The van der Waals surface area contributed by atoms with Gasteiger partial charge in [0.2, 0.25) is 10.0 Å². The molecule has 1 N–H and O–H groups in total. The Morgan fingerprint density at radius 3 is 2.40 bits per heavy atom. The number of anilines is 1. The number of nitrogens with one attached hydrogen (secondary N) is 1. The summed E-state index contributed by atoms with van der Waals surface area (Å²) in [6, 6.07) is 12.7. The van der Waals surface area contributed by atoms with Crippen molar-refractivity contribution in [2.75, 3.05) is 25.5 Å². The van der Waals surface area contributed by atoms with Crippen LogP contribution in [0.5, 0.6) is 11.5 Å². The van der Waals surface area contributed by atoms with Gasteiger partial charge in [-0.2, -0.15) is 9.57 Å². The molecule has 1 heterocycles. The zero-order valence-corrected chi connectivity index (χ0v) is 17.6. The van der Waals surface area contributed by atoms with E-state index in [0.717, 1.165) is 12.8 Å². The van der Waals surface area contributed by atoms with Gasteiger partial charge in [0.1, 0.15) is 0 Å². The third-order valence-electron chi connectivity index (χ3n) is 4.79. The van der Waals surface area contributed by atoms with Crippen molar-refractivity contribution in [3.8, 4) is 17.6 Å². The van der Waals surface area contributed by atoms with Crippen LogP contribution in [0.15, 0.2) is 47.4 Å². The van der Waals surface area contributed by atoms with E-state index in [2.05, 4.69) is 5.32 Å². The predicted octanol–water partition coefficient (Wildman–Crippen LogP) is 2.76. The summed E-state index contributed by atoms with van der Waals surface area (Å²) in [7, 11) is -2.05. The van der Waals surface area contributed by atoms with Crippen LogP contribution in [0.25, 0.3) is 0 Å². The van der Waals surface area contributed by atoms with E-state index in [0.29, 0.717) is 35.8 Å². The lowest BCUT2D eigenvalue weighted by molar-refractivity contribution is -0.122. The molecule has 1 saturated heterocycles. The SMILES string of the molecule is COc1cc(C#N)ccc1O[C@H](C)C(=O)Nc1ccc(S(=O)(=O)N2CCCC2)cc1. The summed E-state index contributed by atoms with van der Waals surface area (Å²) >= 11 is 0. The number of nitrogens with zero attached hydrogens (tertiary/aromatic N) is 2. The Labute approximate surface area is 176 Å². The molecule has 9 heteroatoms. The van der Waals surface area contributed by atoms with E-state index in [1.54, 1.807) is 31.2 Å². The van der Waals surface area contributed by atoms with E-state index in [1.807, 2.05) is 6.07 Å². The quantitative estimate of drug-likeness (QED) is 0.725. The molecule has 8 nitrogen and oxygen atoms in total. The van der Waals surface area contributed by atoms with Crippen LogP contribution >= 0.6 is 0 Å². The molecule has 1 fully saturated rings. The highest BCUT2D eigenvalue weighted by molar-refractivity contribution is 7.89. The first-order valence-electron chi connectivity index (χ1n) is 9.51. The minimum atomic E-state index is -3.50. The average Bonchev–Trinajstić information content (AvgIpc) is 3.30. The van der Waals surface area contributed by atoms with E-state index < -0.39 is 22.0 Å². The summed E-state index contributed by atoms with van der Waals surface area (Å²) in [6.45, 7) is 2.65. The van der Waals surface area contributed by atoms with Crippen molar-refractivity contribution in [2.24, 2.45) is 0 Å². The molecular formula is C21H23N3O5S. The van der Waals surface area contributed by atoms with E-state index in [1.165, 1.54) is 29.6 Å². The summed E-state index contributed by atoms with van der Waals surface area (Å²) in [6.07, 6.45) is 0.893. The number of methoxy groups -OCH3 is 1. The van der Waals surface area contributed by atoms with Crippen LogP contribution in [0.2, 0.25) is 0 Å². The van der Waals surface area contributed by atoms with Gasteiger partial charge >= 0.3 is 0 Å². The second-order valence-corrected chi connectivity index (χ2v) is 8.80. The maximum atomic E-state index is 12.6. The zero-order valence-electron chi connectivity index (χ0n) is 16.8. The molecule has 2 aromatic carbocycles. The minimum absolute atomic E-state index is 0.203. The molecular weight excluding hydrogens is 406 g/mol. The second kappa shape index (κ2) is 9.15. The molecule has 1 atom stereocenters. The topological polar surface area (TPSA) is 109 Å². The molecule has 0 aromatic heterocycles. The number of benzene rings is 2. The highest BCUT2D eigenvalue weighted by Gasteiger charge is 2.27. The number of carbonyl (C=O) groups is 1. The van der Waals surface area contributed by atoms with Crippen molar-refractivity contribution in [1.29, 1.82) is 5.26 Å². The standard InChI is InChI=1S/C21H23N3O5S/c1-15(29-19-10-5-16(14-22)13-20(19)28-2)21(25)23-17-6-8-18(9-7-17)30(26,27)24-11-3-4-12-24/h5-10,13,15H,3-4,11-12H2,1-2H3,(H,23,25)/t15-/m1/s1. The number of hydrogen-bond acceptors (Lipinski definition) is 6. The van der Waals surface area contributed by atoms with E-state index in [-0.39, 0.29) is 4.90 Å². The Kier molecular flexibility index (Phi) is 6.59. The number of carbonyl (C=O) groups excluding carboxylic acids is 1. The summed E-state index contributed by atoms with van der Waals surface area (Å²) in [5.41, 5.74) is 0.878. The Hall–Kier alpha value is -3.09. The van der Waals surface area contributed by atoms with Gasteiger partial charge in [-0.15, -0.1) is 0 Å². The fourth-order valence-electron chi connectivity index (χ4n) is 3.11. The first-order chi connectivity index (χ1) is 14.3. The number of nitriles is 1. The molecule has 0 bridgehead atoms. The monoisotopic (exact) mass is 429 g/mol. The van der Waals surface area contributed by atoms with Gasteiger partial charge in [-0.05, 0) is 56.2 Å². The number of rotatable bonds is 7. The van der Waals surface area contributed by atoms with Crippen molar-refractivity contribution in [1.82, 2.24) is 4.31 Å². The fourth-order valence-corrected chi connectivity index (χ4v) is 4.63. The first-order valence-corrected chi connectivity index (χ1v) is 10.9. The van der Waals surface area contributed by atoms with Crippen molar-refractivity contribution < 1.29 is 22.7 Å². The molecule has 1 aliphatic rings. The molecule has 0 saturated carbocycles. The molecule has 0 spiro atoms. The highest BCUT2D eigenvalue weighted by atomic mass is 32.2. The molecule has 3 rings (SSSR count). The van der Waals surface area contributed by atoms with Gasteiger partial charge in [0.25, 0.3) is 5.91 Å². The zero-order chi connectivity index (χ0) is 21.7. The normalized spacial score (nSPS) is 15.2. The average molecular weight is 429 g/mol. The lowest BCUT2D eigenvalue weighted by atomic mass is 10.2. The van der Waals surface area contributed by atoms with Crippen molar-refractivity contribution in [3.05, 3.63) is 48.0 Å². The third kappa shape index (κ3) is 4.72. The number of sulfonamides is 1. The maximum Gasteiger partial charge on any atom is 0.265 e. The molecule has 158 valence electrons. The van der Waals surface area contributed by atoms with Crippen LogP contribution in [-0.2, 0) is 14.8 Å². The van der Waals surface area contributed by atoms with E-state index >= 15 is 0 Å². The van der Waals surface area contributed by atoms with Crippen molar-refractivity contribution >= 4 is 21.6 Å². The lowest BCUT2D eigenvalue weighted by Crippen LogP contribution is -2.30. The van der Waals surface area contributed by atoms with Crippen LogP contribution in [0, 0.1) is 11.3 Å². The summed E-state index contributed by atoms with van der Waals surface area (Å²) in [4.78, 5) is 12.7. The predicted molar refractivity (Wildman–Crippen MR) is 111 cm³/mol. The van der Waals surface area contributed by atoms with Crippen molar-refractivity contribution in [2.45, 2.75) is 30.8 Å². The fraction of sp³-hybridized carbons (Fsp3) is 0.333. The maximum absolute atomic E-state index is 12.6. The number of amides is 1. The van der Waals surface area contributed by atoms with E-state index in [4.69, 9.17) is 14.7 Å². The Morgan fingerprint density at radius 2 is 1.80 bits per heavy atom. The third-order valence-corrected chi connectivity index (χ3v) is 6.70. The number of ether oxygens (including phenoxy) is 2. The van der Waals surface area contributed by atoms with E-state index in [9.17, 15) is 13.2 Å². The van der Waals surface area contributed by atoms with Gasteiger partial charge in [-0.25, -0.2) is 8.42 Å². The summed E-state index contributed by atoms with van der Waals surface area (Å²) in [5, 5.41) is 11.7. The van der Waals surface area contributed by atoms with Crippen LogP contribution in [0.3, 0.4) is 0 Å². The second-order valence-electron chi connectivity index (χ2n) is 6.86. The highest BCUT2D eigenvalue weighted by Crippen LogP contribution is 2.29. The Morgan fingerprint density at radius 1 is 1.13 bits per heavy atom. The Bertz CT molecular complexity index is 1060. The molecule has 30 heavy (non-hydrogen) atoms. The molecule has 0 radical (unpaired) electrons. The first kappa shape index (κ1) is 21.6. The lowest BCUT2D eigenvalue weighted by Gasteiger charge is -2.17. The molecule has 0 aliphatic carbocycles. The molecule has 1 aliphatic heterocycles. The molecule has 0 unspecified atom stereocenters. The van der Waals surface area contributed by atoms with Crippen LogP contribution in [-0.4, -0.2) is 44.9 Å². The van der Waals surface area contributed by atoms with Gasteiger partial charge in [-0.1, -0.05) is 0 Å². The van der Waals surface area contributed by atoms with Crippen LogP contribution < -0.4 is 14.8 Å². The molecule has 1 amide bonds. The van der Waals surface area contributed by atoms with Crippen LogP contribution in [0.4, 0.5) is 5.69 Å². The van der Waals surface area contributed by atoms with Gasteiger partial charge in [0, 0.05) is 24.8 Å². The largest absolute Gasteiger partial charge is 0.493 e. The van der Waals surface area contributed by atoms with Crippen LogP contribution in [0.1, 0.15) is 25.3 Å².